The highest BCUT2D eigenvalue weighted by Crippen LogP contribution is 2.33. The van der Waals surface area contributed by atoms with Crippen molar-refractivity contribution in [3.05, 3.63) is 52.2 Å². The maximum Gasteiger partial charge on any atom is 0.235 e. The summed E-state index contributed by atoms with van der Waals surface area (Å²) < 4.78 is 11.0. The first-order valence-electron chi connectivity index (χ1n) is 6.65. The van der Waals surface area contributed by atoms with Crippen molar-refractivity contribution in [3.63, 3.8) is 0 Å². The number of hydrogen-bond acceptors (Lipinski definition) is 5. The number of phenolic OH excluding ortho intramolecular Hbond substituents is 2. The van der Waals surface area contributed by atoms with E-state index >= 15 is 0 Å². The SMILES string of the molecule is COc1c(-c2ccc(O)cc2)oc2cc(O)cc(C)c2c1=O. The molecule has 3 aromatic rings. The molecule has 0 bridgehead atoms. The van der Waals surface area contributed by atoms with Gasteiger partial charge >= 0.3 is 0 Å². The third kappa shape index (κ3) is 2.16. The van der Waals surface area contributed by atoms with E-state index in [2.05, 4.69) is 0 Å². The summed E-state index contributed by atoms with van der Waals surface area (Å²) in [6.07, 6.45) is 0. The quantitative estimate of drug-likeness (QED) is 0.759. The van der Waals surface area contributed by atoms with Gasteiger partial charge in [-0.2, -0.15) is 0 Å². The van der Waals surface area contributed by atoms with Crippen LogP contribution in [0.3, 0.4) is 0 Å². The molecule has 3 rings (SSSR count). The maximum atomic E-state index is 12.6. The molecule has 0 radical (unpaired) electrons. The van der Waals surface area contributed by atoms with Crippen LogP contribution in [0.2, 0.25) is 0 Å². The molecule has 0 fully saturated rings. The van der Waals surface area contributed by atoms with Gasteiger partial charge in [0.15, 0.2) is 5.76 Å². The van der Waals surface area contributed by atoms with Gasteiger partial charge in [-0.3, -0.25) is 4.79 Å². The predicted octanol–water partition coefficient (Wildman–Crippen LogP) is 3.19. The molecule has 2 aromatic carbocycles. The summed E-state index contributed by atoms with van der Waals surface area (Å²) in [5.41, 5.74) is 1.18. The molecule has 0 unspecified atom stereocenters. The molecule has 0 spiro atoms. The fourth-order valence-electron chi connectivity index (χ4n) is 2.47. The lowest BCUT2D eigenvalue weighted by Gasteiger charge is -2.10. The standard InChI is InChI=1S/C17H14O5/c1-9-7-12(19)8-13-14(9)15(20)17(21-2)16(22-13)10-3-5-11(18)6-4-10/h3-8,18-19H,1-2H3. The molecule has 0 atom stereocenters. The Kier molecular flexibility index (Phi) is 3.25. The second-order valence-corrected chi connectivity index (χ2v) is 4.98. The number of fused-ring (bicyclic) bond motifs is 1. The number of aryl methyl sites for hydroxylation is 1. The average Bonchev–Trinajstić information content (AvgIpc) is 2.47. The predicted molar refractivity (Wildman–Crippen MR) is 82.5 cm³/mol. The molecule has 1 aromatic heterocycles. The van der Waals surface area contributed by atoms with Gasteiger partial charge in [-0.1, -0.05) is 0 Å². The van der Waals surface area contributed by atoms with Gasteiger partial charge in [0.05, 0.1) is 12.5 Å². The Morgan fingerprint density at radius 3 is 2.36 bits per heavy atom. The number of hydrogen-bond donors (Lipinski definition) is 2. The maximum absolute atomic E-state index is 12.6. The van der Waals surface area contributed by atoms with Gasteiger partial charge in [-0.15, -0.1) is 0 Å². The molecule has 112 valence electrons. The van der Waals surface area contributed by atoms with Crippen molar-refractivity contribution in [1.29, 1.82) is 0 Å². The Morgan fingerprint density at radius 1 is 1.05 bits per heavy atom. The zero-order chi connectivity index (χ0) is 15.9. The van der Waals surface area contributed by atoms with Crippen LogP contribution in [0.25, 0.3) is 22.3 Å². The minimum absolute atomic E-state index is 0.0231. The van der Waals surface area contributed by atoms with E-state index in [0.717, 1.165) is 0 Å². The van der Waals surface area contributed by atoms with Crippen LogP contribution in [0.4, 0.5) is 0 Å². The first-order chi connectivity index (χ1) is 10.5. The van der Waals surface area contributed by atoms with Gasteiger partial charge in [-0.05, 0) is 42.8 Å². The second kappa shape index (κ2) is 5.11. The highest BCUT2D eigenvalue weighted by atomic mass is 16.5. The van der Waals surface area contributed by atoms with Crippen molar-refractivity contribution < 1.29 is 19.4 Å². The van der Waals surface area contributed by atoms with E-state index in [1.54, 1.807) is 19.1 Å². The number of ether oxygens (including phenoxy) is 1. The van der Waals surface area contributed by atoms with Gasteiger partial charge < -0.3 is 19.4 Å². The minimum Gasteiger partial charge on any atom is -0.508 e. The lowest BCUT2D eigenvalue weighted by Crippen LogP contribution is -2.08. The van der Waals surface area contributed by atoms with Gasteiger partial charge in [0.2, 0.25) is 11.2 Å². The fraction of sp³-hybridized carbons (Fsp3) is 0.118. The molecule has 0 aliphatic rings. The molecule has 0 saturated carbocycles. The van der Waals surface area contributed by atoms with Crippen LogP contribution < -0.4 is 10.2 Å². The summed E-state index contributed by atoms with van der Waals surface area (Å²) in [6.45, 7) is 1.72. The number of rotatable bonds is 2. The van der Waals surface area contributed by atoms with Crippen molar-refractivity contribution in [2.75, 3.05) is 7.11 Å². The number of phenols is 2. The second-order valence-electron chi connectivity index (χ2n) is 4.98. The van der Waals surface area contributed by atoms with Gasteiger partial charge in [0, 0.05) is 11.6 Å². The van der Waals surface area contributed by atoms with Crippen LogP contribution in [-0.4, -0.2) is 17.3 Å². The fourth-order valence-corrected chi connectivity index (χ4v) is 2.47. The number of methoxy groups -OCH3 is 1. The topological polar surface area (TPSA) is 79.9 Å². The third-order valence-electron chi connectivity index (χ3n) is 3.47. The lowest BCUT2D eigenvalue weighted by atomic mass is 10.1. The smallest absolute Gasteiger partial charge is 0.235 e. The Bertz CT molecular complexity index is 907. The van der Waals surface area contributed by atoms with E-state index in [-0.39, 0.29) is 34.0 Å². The normalized spacial score (nSPS) is 10.8. The average molecular weight is 298 g/mol. The molecule has 5 nitrogen and oxygen atoms in total. The Hall–Kier alpha value is -2.95. The summed E-state index contributed by atoms with van der Waals surface area (Å²) in [6, 6.07) is 9.13. The molecule has 0 aliphatic carbocycles. The molecule has 0 amide bonds. The van der Waals surface area contributed by atoms with E-state index in [4.69, 9.17) is 9.15 Å². The molecular weight excluding hydrogens is 284 g/mol. The first kappa shape index (κ1) is 14.0. The molecule has 5 heteroatoms. The van der Waals surface area contributed by atoms with Crippen LogP contribution >= 0.6 is 0 Å². The largest absolute Gasteiger partial charge is 0.508 e. The van der Waals surface area contributed by atoms with Gasteiger partial charge in [0.1, 0.15) is 17.1 Å². The highest BCUT2D eigenvalue weighted by molar-refractivity contribution is 5.86. The van der Waals surface area contributed by atoms with Crippen LogP contribution in [0.15, 0.2) is 45.6 Å². The highest BCUT2D eigenvalue weighted by Gasteiger charge is 2.18. The van der Waals surface area contributed by atoms with E-state index in [9.17, 15) is 15.0 Å². The zero-order valence-corrected chi connectivity index (χ0v) is 12.1. The van der Waals surface area contributed by atoms with Crippen LogP contribution in [0.1, 0.15) is 5.56 Å². The Labute approximate surface area is 126 Å². The monoisotopic (exact) mass is 298 g/mol. The molecular formula is C17H14O5. The number of aromatic hydroxyl groups is 2. The third-order valence-corrected chi connectivity index (χ3v) is 3.47. The van der Waals surface area contributed by atoms with Crippen LogP contribution in [0.5, 0.6) is 17.2 Å². The van der Waals surface area contributed by atoms with Crippen LogP contribution in [-0.2, 0) is 0 Å². The molecule has 1 heterocycles. The van der Waals surface area contributed by atoms with Gasteiger partial charge in [0.25, 0.3) is 0 Å². The minimum atomic E-state index is -0.302. The van der Waals surface area contributed by atoms with E-state index < -0.39 is 0 Å². The van der Waals surface area contributed by atoms with E-state index in [1.165, 1.54) is 31.4 Å². The molecule has 22 heavy (non-hydrogen) atoms. The summed E-state index contributed by atoms with van der Waals surface area (Å²) >= 11 is 0. The zero-order valence-electron chi connectivity index (χ0n) is 12.1. The van der Waals surface area contributed by atoms with Crippen LogP contribution in [0, 0.1) is 6.92 Å². The van der Waals surface area contributed by atoms with E-state index in [1.807, 2.05) is 0 Å². The van der Waals surface area contributed by atoms with Crippen molar-refractivity contribution in [2.45, 2.75) is 6.92 Å². The van der Waals surface area contributed by atoms with E-state index in [0.29, 0.717) is 16.5 Å². The summed E-state index contributed by atoms with van der Waals surface area (Å²) in [5.74, 6) is 0.478. The summed E-state index contributed by atoms with van der Waals surface area (Å²) in [7, 11) is 1.40. The molecule has 2 N–H and O–H groups in total. The van der Waals surface area contributed by atoms with Gasteiger partial charge in [-0.25, -0.2) is 0 Å². The van der Waals surface area contributed by atoms with Crippen molar-refractivity contribution in [1.82, 2.24) is 0 Å². The number of benzene rings is 2. The van der Waals surface area contributed by atoms with Crippen molar-refractivity contribution in [2.24, 2.45) is 0 Å². The lowest BCUT2D eigenvalue weighted by molar-refractivity contribution is 0.398. The summed E-state index contributed by atoms with van der Waals surface area (Å²) in [5, 5.41) is 19.4. The van der Waals surface area contributed by atoms with Crippen molar-refractivity contribution >= 4 is 11.0 Å². The molecule has 0 saturated heterocycles. The van der Waals surface area contributed by atoms with Crippen molar-refractivity contribution in [3.8, 4) is 28.6 Å². The molecule has 0 aliphatic heterocycles. The Balaban J connectivity index is 2.40. The Morgan fingerprint density at radius 2 is 1.73 bits per heavy atom. The first-order valence-corrected chi connectivity index (χ1v) is 6.65. The summed E-state index contributed by atoms with van der Waals surface area (Å²) in [4.78, 5) is 12.6.